The number of aromatic nitrogens is 1. The molecule has 0 radical (unpaired) electrons. The van der Waals surface area contributed by atoms with Crippen LogP contribution in [0, 0.1) is 0 Å². The van der Waals surface area contributed by atoms with Gasteiger partial charge in [-0.1, -0.05) is 31.5 Å². The van der Waals surface area contributed by atoms with Gasteiger partial charge >= 0.3 is 5.97 Å². The molecule has 0 aliphatic rings. The highest BCUT2D eigenvalue weighted by Crippen LogP contribution is 2.33. The molecule has 37 heavy (non-hydrogen) atoms. The molecule has 0 amide bonds. The zero-order valence-corrected chi connectivity index (χ0v) is 21.3. The highest BCUT2D eigenvalue weighted by Gasteiger charge is 2.18. The van der Waals surface area contributed by atoms with E-state index in [1.807, 2.05) is 42.1 Å². The summed E-state index contributed by atoms with van der Waals surface area (Å²) in [4.78, 5) is 12.3. The summed E-state index contributed by atoms with van der Waals surface area (Å²) in [6.45, 7) is 2.24. The number of hydrogen-bond donors (Lipinski definition) is 4. The molecule has 0 bridgehead atoms. The molecule has 4 rings (SSSR count). The lowest BCUT2D eigenvalue weighted by Crippen LogP contribution is -2.21. The van der Waals surface area contributed by atoms with E-state index in [2.05, 4.69) is 12.2 Å². The van der Waals surface area contributed by atoms with E-state index in [-0.39, 0.29) is 31.1 Å². The molecular formula is C30H34N2O5. The Morgan fingerprint density at radius 2 is 1.78 bits per heavy atom. The SMILES string of the molecule is CCCCc1cc(O)c(Cn2cc(CC(O)COC(=O)c3ccccc3)c3cc(NC)ccc32)c(O)c1. The van der Waals surface area contributed by atoms with Crippen molar-refractivity contribution in [2.75, 3.05) is 19.0 Å². The molecule has 4 N–H and O–H groups in total. The Hall–Kier alpha value is -3.97. The number of carbonyl (C=O) groups is 1. The van der Waals surface area contributed by atoms with E-state index in [9.17, 15) is 20.1 Å². The molecule has 0 spiro atoms. The van der Waals surface area contributed by atoms with Crippen molar-refractivity contribution in [1.29, 1.82) is 0 Å². The average Bonchev–Trinajstić information content (AvgIpc) is 3.24. The summed E-state index contributed by atoms with van der Waals surface area (Å²) >= 11 is 0. The summed E-state index contributed by atoms with van der Waals surface area (Å²) in [6.07, 6.45) is 4.11. The number of anilines is 1. The van der Waals surface area contributed by atoms with Crippen LogP contribution >= 0.6 is 0 Å². The summed E-state index contributed by atoms with van der Waals surface area (Å²) in [7, 11) is 1.84. The molecule has 0 aliphatic heterocycles. The minimum Gasteiger partial charge on any atom is -0.507 e. The molecule has 1 heterocycles. The molecule has 194 valence electrons. The maximum absolute atomic E-state index is 12.3. The van der Waals surface area contributed by atoms with Crippen molar-refractivity contribution in [2.24, 2.45) is 0 Å². The van der Waals surface area contributed by atoms with Crippen molar-refractivity contribution in [2.45, 2.75) is 45.3 Å². The second-order valence-corrected chi connectivity index (χ2v) is 9.30. The standard InChI is InChI=1S/C30H34N2O5/c1-3-4-8-20-13-28(34)26(29(35)14-20)18-32-17-22(25-16-23(31-2)11-12-27(25)32)15-24(33)19-37-30(36)21-9-6-5-7-10-21/h5-7,9-14,16-17,24,31,33-35H,3-4,8,15,18-19H2,1-2H3. The largest absolute Gasteiger partial charge is 0.507 e. The van der Waals surface area contributed by atoms with Crippen molar-refractivity contribution in [1.82, 2.24) is 4.57 Å². The third kappa shape index (κ3) is 6.24. The number of nitrogens with one attached hydrogen (secondary N) is 1. The molecule has 7 nitrogen and oxygen atoms in total. The number of fused-ring (bicyclic) bond motifs is 1. The van der Waals surface area contributed by atoms with Crippen LogP contribution in [-0.2, 0) is 24.1 Å². The molecule has 1 aromatic heterocycles. The van der Waals surface area contributed by atoms with Crippen LogP contribution in [0.5, 0.6) is 11.5 Å². The number of benzene rings is 3. The average molecular weight is 503 g/mol. The van der Waals surface area contributed by atoms with Gasteiger partial charge in [-0.3, -0.25) is 0 Å². The van der Waals surface area contributed by atoms with Crippen LogP contribution in [0.3, 0.4) is 0 Å². The fourth-order valence-corrected chi connectivity index (χ4v) is 4.52. The molecule has 0 saturated carbocycles. The van der Waals surface area contributed by atoms with Crippen LogP contribution in [0.4, 0.5) is 5.69 Å². The van der Waals surface area contributed by atoms with Crippen molar-refractivity contribution in [3.63, 3.8) is 0 Å². The number of rotatable bonds is 11. The summed E-state index contributed by atoms with van der Waals surface area (Å²) in [5.41, 5.74) is 4.47. The minimum absolute atomic E-state index is 0.0641. The van der Waals surface area contributed by atoms with Gasteiger partial charge in [0.1, 0.15) is 18.1 Å². The number of phenolic OH excluding ortho intramolecular Hbond substituents is 2. The number of aryl methyl sites for hydroxylation is 1. The third-order valence-corrected chi connectivity index (χ3v) is 6.53. The second kappa shape index (κ2) is 11.8. The molecule has 4 aromatic rings. The van der Waals surface area contributed by atoms with Gasteiger partial charge in [0, 0.05) is 36.3 Å². The predicted molar refractivity (Wildman–Crippen MR) is 145 cm³/mol. The number of phenols is 2. The molecule has 1 unspecified atom stereocenters. The Morgan fingerprint density at radius 3 is 2.46 bits per heavy atom. The first-order chi connectivity index (χ1) is 17.9. The van der Waals surface area contributed by atoms with Gasteiger partial charge in [0.05, 0.1) is 23.8 Å². The van der Waals surface area contributed by atoms with Gasteiger partial charge in [0.2, 0.25) is 0 Å². The van der Waals surface area contributed by atoms with Gasteiger partial charge in [-0.05, 0) is 66.4 Å². The fourth-order valence-electron chi connectivity index (χ4n) is 4.52. The lowest BCUT2D eigenvalue weighted by atomic mass is 10.0. The fraction of sp³-hybridized carbons (Fsp3) is 0.300. The summed E-state index contributed by atoms with van der Waals surface area (Å²) in [6, 6.07) is 18.0. The number of aliphatic hydroxyl groups excluding tert-OH is 1. The Morgan fingerprint density at radius 1 is 1.05 bits per heavy atom. The first-order valence-corrected chi connectivity index (χ1v) is 12.6. The maximum atomic E-state index is 12.3. The van der Waals surface area contributed by atoms with E-state index in [4.69, 9.17) is 4.74 Å². The monoisotopic (exact) mass is 502 g/mol. The number of aliphatic hydroxyl groups is 1. The van der Waals surface area contributed by atoms with Crippen LogP contribution in [0.2, 0.25) is 0 Å². The van der Waals surface area contributed by atoms with E-state index < -0.39 is 12.1 Å². The van der Waals surface area contributed by atoms with E-state index in [0.717, 1.165) is 47.0 Å². The van der Waals surface area contributed by atoms with Crippen molar-refractivity contribution < 1.29 is 24.9 Å². The van der Waals surface area contributed by atoms with Crippen LogP contribution in [-0.4, -0.2) is 45.6 Å². The maximum Gasteiger partial charge on any atom is 0.338 e. The number of hydrogen-bond acceptors (Lipinski definition) is 6. The third-order valence-electron chi connectivity index (χ3n) is 6.53. The van der Waals surface area contributed by atoms with E-state index in [1.165, 1.54) is 0 Å². The summed E-state index contributed by atoms with van der Waals surface area (Å²) < 4.78 is 7.27. The quantitative estimate of drug-likeness (QED) is 0.209. The first kappa shape index (κ1) is 26.1. The molecular weight excluding hydrogens is 468 g/mol. The Bertz CT molecular complexity index is 1340. The van der Waals surface area contributed by atoms with Crippen LogP contribution in [0.1, 0.15) is 46.8 Å². The molecule has 0 aliphatic carbocycles. The summed E-state index contributed by atoms with van der Waals surface area (Å²) in [5.74, 6) is -0.351. The number of unbranched alkanes of at least 4 members (excludes halogenated alkanes) is 1. The van der Waals surface area contributed by atoms with Gasteiger partial charge in [0.15, 0.2) is 0 Å². The van der Waals surface area contributed by atoms with E-state index in [0.29, 0.717) is 11.1 Å². The lowest BCUT2D eigenvalue weighted by Gasteiger charge is -2.12. The van der Waals surface area contributed by atoms with Crippen LogP contribution in [0.25, 0.3) is 10.9 Å². The van der Waals surface area contributed by atoms with Crippen molar-refractivity contribution >= 4 is 22.6 Å². The lowest BCUT2D eigenvalue weighted by molar-refractivity contribution is 0.0259. The highest BCUT2D eigenvalue weighted by molar-refractivity contribution is 5.89. The van der Waals surface area contributed by atoms with Gasteiger partial charge < -0.3 is 29.9 Å². The zero-order valence-electron chi connectivity index (χ0n) is 21.3. The van der Waals surface area contributed by atoms with Gasteiger partial charge in [0.25, 0.3) is 0 Å². The Kier molecular flexibility index (Phi) is 8.36. The predicted octanol–water partition coefficient (Wildman–Crippen LogP) is 5.25. The normalized spacial score (nSPS) is 12.0. The molecule has 7 heteroatoms. The minimum atomic E-state index is -0.899. The van der Waals surface area contributed by atoms with E-state index >= 15 is 0 Å². The number of carbonyl (C=O) groups excluding carboxylic acids is 1. The number of ether oxygens (including phenoxy) is 1. The molecule has 0 fully saturated rings. The molecule has 1 atom stereocenters. The molecule has 0 saturated heterocycles. The number of esters is 1. The van der Waals surface area contributed by atoms with Crippen molar-refractivity contribution in [3.05, 3.63) is 89.1 Å². The summed E-state index contributed by atoms with van der Waals surface area (Å²) in [5, 5.41) is 36.1. The van der Waals surface area contributed by atoms with Crippen molar-refractivity contribution in [3.8, 4) is 11.5 Å². The topological polar surface area (TPSA) is 104 Å². The second-order valence-electron chi connectivity index (χ2n) is 9.30. The van der Waals surface area contributed by atoms with Crippen LogP contribution in [0.15, 0.2) is 66.9 Å². The molecule has 3 aromatic carbocycles. The number of nitrogens with zero attached hydrogens (tertiary/aromatic N) is 1. The first-order valence-electron chi connectivity index (χ1n) is 12.6. The van der Waals surface area contributed by atoms with Gasteiger partial charge in [-0.25, -0.2) is 4.79 Å². The zero-order chi connectivity index (χ0) is 26.4. The highest BCUT2D eigenvalue weighted by atomic mass is 16.5. The van der Waals surface area contributed by atoms with E-state index in [1.54, 1.807) is 36.4 Å². The Labute approximate surface area is 217 Å². The number of aromatic hydroxyl groups is 2. The Balaban J connectivity index is 1.56. The van der Waals surface area contributed by atoms with Gasteiger partial charge in [-0.15, -0.1) is 0 Å². The van der Waals surface area contributed by atoms with Gasteiger partial charge in [-0.2, -0.15) is 0 Å². The van der Waals surface area contributed by atoms with Crippen LogP contribution < -0.4 is 5.32 Å². The smallest absolute Gasteiger partial charge is 0.338 e.